The van der Waals surface area contributed by atoms with Crippen LogP contribution in [0.1, 0.15) is 39.0 Å². The van der Waals surface area contributed by atoms with Gasteiger partial charge in [0, 0.05) is 13.2 Å². The average Bonchev–Trinajstić information content (AvgIpc) is 2.16. The molecule has 0 aliphatic carbocycles. The van der Waals surface area contributed by atoms with E-state index in [1.54, 1.807) is 0 Å². The number of aliphatic hydroxyl groups excluding tert-OH is 1. The average molecular weight is 188 g/mol. The van der Waals surface area contributed by atoms with E-state index >= 15 is 0 Å². The van der Waals surface area contributed by atoms with Crippen molar-refractivity contribution in [2.24, 2.45) is 0 Å². The van der Waals surface area contributed by atoms with Gasteiger partial charge in [-0.15, -0.1) is 0 Å². The van der Waals surface area contributed by atoms with Crippen molar-refractivity contribution >= 4 is 0 Å². The lowest BCUT2D eigenvalue weighted by Gasteiger charge is -2.25. The SMILES string of the molecule is CC(CCCO)OC1CCCCO1. The first kappa shape index (κ1) is 11.0. The van der Waals surface area contributed by atoms with Gasteiger partial charge in [-0.2, -0.15) is 0 Å². The molecule has 1 heterocycles. The summed E-state index contributed by atoms with van der Waals surface area (Å²) in [5.41, 5.74) is 0. The Morgan fingerprint density at radius 1 is 1.54 bits per heavy atom. The first-order chi connectivity index (χ1) is 6.33. The Kier molecular flexibility index (Phi) is 5.35. The minimum absolute atomic E-state index is 0.00226. The van der Waals surface area contributed by atoms with Gasteiger partial charge >= 0.3 is 0 Å². The highest BCUT2D eigenvalue weighted by molar-refractivity contribution is 4.57. The van der Waals surface area contributed by atoms with Crippen molar-refractivity contribution in [3.8, 4) is 0 Å². The molecular formula is C10H20O3. The van der Waals surface area contributed by atoms with Gasteiger partial charge in [-0.05, 0) is 39.0 Å². The van der Waals surface area contributed by atoms with E-state index in [2.05, 4.69) is 0 Å². The zero-order valence-electron chi connectivity index (χ0n) is 8.37. The van der Waals surface area contributed by atoms with Gasteiger partial charge < -0.3 is 14.6 Å². The number of hydrogen-bond donors (Lipinski definition) is 1. The van der Waals surface area contributed by atoms with Crippen LogP contribution < -0.4 is 0 Å². The van der Waals surface area contributed by atoms with E-state index in [0.29, 0.717) is 0 Å². The van der Waals surface area contributed by atoms with Crippen molar-refractivity contribution in [1.29, 1.82) is 0 Å². The lowest BCUT2D eigenvalue weighted by molar-refractivity contribution is -0.185. The summed E-state index contributed by atoms with van der Waals surface area (Å²) in [6.45, 7) is 3.12. The van der Waals surface area contributed by atoms with Crippen LogP contribution in [-0.4, -0.2) is 30.7 Å². The molecule has 0 spiro atoms. The lowest BCUT2D eigenvalue weighted by Crippen LogP contribution is -2.26. The predicted octanol–water partition coefficient (Wildman–Crippen LogP) is 1.69. The van der Waals surface area contributed by atoms with Crippen LogP contribution in [0.4, 0.5) is 0 Å². The molecule has 13 heavy (non-hydrogen) atoms. The van der Waals surface area contributed by atoms with Gasteiger partial charge in [-0.25, -0.2) is 0 Å². The van der Waals surface area contributed by atoms with Gasteiger partial charge in [0.1, 0.15) is 0 Å². The number of aliphatic hydroxyl groups is 1. The summed E-state index contributed by atoms with van der Waals surface area (Å²) in [5.74, 6) is 0. The largest absolute Gasteiger partial charge is 0.396 e. The van der Waals surface area contributed by atoms with E-state index in [9.17, 15) is 0 Å². The highest BCUT2D eigenvalue weighted by atomic mass is 16.7. The molecule has 2 atom stereocenters. The van der Waals surface area contributed by atoms with Gasteiger partial charge in [0.15, 0.2) is 6.29 Å². The van der Waals surface area contributed by atoms with E-state index in [0.717, 1.165) is 32.3 Å². The van der Waals surface area contributed by atoms with Crippen LogP contribution >= 0.6 is 0 Å². The summed E-state index contributed by atoms with van der Waals surface area (Å²) in [6.07, 6.45) is 5.31. The van der Waals surface area contributed by atoms with E-state index in [-0.39, 0.29) is 19.0 Å². The van der Waals surface area contributed by atoms with Crippen LogP contribution in [-0.2, 0) is 9.47 Å². The van der Waals surface area contributed by atoms with E-state index in [4.69, 9.17) is 14.6 Å². The van der Waals surface area contributed by atoms with Crippen molar-refractivity contribution < 1.29 is 14.6 Å². The number of hydrogen-bond acceptors (Lipinski definition) is 3. The summed E-state index contributed by atoms with van der Waals surface area (Å²) < 4.78 is 11.1. The van der Waals surface area contributed by atoms with E-state index < -0.39 is 0 Å². The second-order valence-corrected chi connectivity index (χ2v) is 3.61. The smallest absolute Gasteiger partial charge is 0.157 e. The Morgan fingerprint density at radius 2 is 2.38 bits per heavy atom. The highest BCUT2D eigenvalue weighted by Crippen LogP contribution is 2.16. The Bertz CT molecular complexity index is 121. The molecule has 0 radical (unpaired) electrons. The highest BCUT2D eigenvalue weighted by Gasteiger charge is 2.16. The van der Waals surface area contributed by atoms with Crippen LogP contribution in [0.15, 0.2) is 0 Å². The molecule has 0 bridgehead atoms. The van der Waals surface area contributed by atoms with Crippen molar-refractivity contribution in [1.82, 2.24) is 0 Å². The Morgan fingerprint density at radius 3 is 3.00 bits per heavy atom. The molecule has 0 saturated carbocycles. The quantitative estimate of drug-likeness (QED) is 0.713. The second kappa shape index (κ2) is 6.35. The van der Waals surface area contributed by atoms with Crippen LogP contribution in [0.5, 0.6) is 0 Å². The third-order valence-electron chi connectivity index (χ3n) is 2.29. The molecule has 1 saturated heterocycles. The van der Waals surface area contributed by atoms with Gasteiger partial charge in [0.05, 0.1) is 6.10 Å². The second-order valence-electron chi connectivity index (χ2n) is 3.61. The Balaban J connectivity index is 2.07. The van der Waals surface area contributed by atoms with Crippen molar-refractivity contribution in [2.45, 2.75) is 51.4 Å². The first-order valence-electron chi connectivity index (χ1n) is 5.21. The van der Waals surface area contributed by atoms with Crippen LogP contribution in [0.3, 0.4) is 0 Å². The molecule has 1 fully saturated rings. The summed E-state index contributed by atoms with van der Waals surface area (Å²) >= 11 is 0. The third kappa shape index (κ3) is 4.60. The van der Waals surface area contributed by atoms with E-state index in [1.165, 1.54) is 6.42 Å². The fourth-order valence-electron chi connectivity index (χ4n) is 1.52. The zero-order chi connectivity index (χ0) is 9.52. The van der Waals surface area contributed by atoms with Gasteiger partial charge in [-0.1, -0.05) is 0 Å². The summed E-state index contributed by atoms with van der Waals surface area (Å²) in [4.78, 5) is 0. The minimum atomic E-state index is 0.00226. The maximum absolute atomic E-state index is 8.63. The van der Waals surface area contributed by atoms with Crippen LogP contribution in [0, 0.1) is 0 Å². The molecule has 1 rings (SSSR count). The molecule has 2 unspecified atom stereocenters. The Hall–Kier alpha value is -0.120. The summed E-state index contributed by atoms with van der Waals surface area (Å²) in [7, 11) is 0. The summed E-state index contributed by atoms with van der Waals surface area (Å²) in [5, 5.41) is 8.63. The van der Waals surface area contributed by atoms with Crippen LogP contribution in [0.25, 0.3) is 0 Å². The monoisotopic (exact) mass is 188 g/mol. The lowest BCUT2D eigenvalue weighted by atomic mass is 10.2. The normalized spacial score (nSPS) is 25.8. The molecule has 3 heteroatoms. The number of ether oxygens (including phenoxy) is 2. The third-order valence-corrected chi connectivity index (χ3v) is 2.29. The molecule has 0 aromatic heterocycles. The van der Waals surface area contributed by atoms with Crippen molar-refractivity contribution in [3.63, 3.8) is 0 Å². The maximum Gasteiger partial charge on any atom is 0.157 e. The van der Waals surface area contributed by atoms with Crippen molar-refractivity contribution in [2.75, 3.05) is 13.2 Å². The molecule has 0 aromatic carbocycles. The topological polar surface area (TPSA) is 38.7 Å². The van der Waals surface area contributed by atoms with E-state index in [1.807, 2.05) is 6.92 Å². The molecule has 3 nitrogen and oxygen atoms in total. The fourth-order valence-corrected chi connectivity index (χ4v) is 1.52. The summed E-state index contributed by atoms with van der Waals surface area (Å²) in [6, 6.07) is 0. The number of rotatable bonds is 5. The maximum atomic E-state index is 8.63. The zero-order valence-corrected chi connectivity index (χ0v) is 8.37. The Labute approximate surface area is 80.0 Å². The standard InChI is InChI=1S/C10H20O3/c1-9(5-4-7-11)13-10-6-2-3-8-12-10/h9-11H,2-8H2,1H3. The van der Waals surface area contributed by atoms with Gasteiger partial charge in [0.25, 0.3) is 0 Å². The molecule has 0 amide bonds. The van der Waals surface area contributed by atoms with Gasteiger partial charge in [-0.3, -0.25) is 0 Å². The molecule has 1 aliphatic rings. The molecular weight excluding hydrogens is 168 g/mol. The molecule has 0 aromatic rings. The van der Waals surface area contributed by atoms with Crippen LogP contribution in [0.2, 0.25) is 0 Å². The minimum Gasteiger partial charge on any atom is -0.396 e. The first-order valence-corrected chi connectivity index (χ1v) is 5.21. The predicted molar refractivity (Wildman–Crippen MR) is 50.5 cm³/mol. The fraction of sp³-hybridized carbons (Fsp3) is 1.00. The molecule has 1 N–H and O–H groups in total. The molecule has 1 aliphatic heterocycles. The molecule has 78 valence electrons. The van der Waals surface area contributed by atoms with Crippen molar-refractivity contribution in [3.05, 3.63) is 0 Å². The van der Waals surface area contributed by atoms with Gasteiger partial charge in [0.2, 0.25) is 0 Å².